The Labute approximate surface area is 241 Å². The maximum Gasteiger partial charge on any atom is 0.350 e. The van der Waals surface area contributed by atoms with E-state index in [1.165, 1.54) is 18.2 Å². The fourth-order valence-electron chi connectivity index (χ4n) is 4.32. The number of hydrogen-bond donors (Lipinski definition) is 2. The fourth-order valence-corrected chi connectivity index (χ4v) is 5.30. The number of aryl methyl sites for hydroxylation is 1. The van der Waals surface area contributed by atoms with Crippen molar-refractivity contribution in [3.8, 4) is 17.2 Å². The molecule has 1 aliphatic rings. The summed E-state index contributed by atoms with van der Waals surface area (Å²) in [6.07, 6.45) is 0. The quantitative estimate of drug-likeness (QED) is 0.140. The Balaban J connectivity index is 1.86. The Kier molecular flexibility index (Phi) is 8.97. The minimum atomic E-state index is -1.13. The van der Waals surface area contributed by atoms with Crippen LogP contribution in [0.1, 0.15) is 60.2 Å². The molecule has 1 fully saturated rings. The number of aromatic hydroxyl groups is 1. The van der Waals surface area contributed by atoms with E-state index in [1.54, 1.807) is 45.0 Å². The summed E-state index contributed by atoms with van der Waals surface area (Å²) in [6.45, 7) is 10.0. The smallest absolute Gasteiger partial charge is 0.350 e. The summed E-state index contributed by atoms with van der Waals surface area (Å²) in [5.41, 5.74) is 0.844. The van der Waals surface area contributed by atoms with Gasteiger partial charge in [-0.3, -0.25) is 14.5 Å². The van der Waals surface area contributed by atoms with Gasteiger partial charge in [-0.15, -0.1) is 0 Å². The highest BCUT2D eigenvalue weighted by atomic mass is 32.1. The third-order valence-electron chi connectivity index (χ3n) is 6.21. The highest BCUT2D eigenvalue weighted by Gasteiger charge is 2.48. The number of benzene rings is 2. The van der Waals surface area contributed by atoms with E-state index in [4.69, 9.17) is 14.2 Å². The molecule has 2 heterocycles. The predicted molar refractivity (Wildman–Crippen MR) is 154 cm³/mol. The van der Waals surface area contributed by atoms with Crippen LogP contribution < -0.4 is 14.4 Å². The molecule has 1 unspecified atom stereocenters. The van der Waals surface area contributed by atoms with Gasteiger partial charge < -0.3 is 24.4 Å². The first kappa shape index (κ1) is 29.6. The van der Waals surface area contributed by atoms with Crippen LogP contribution in [0, 0.1) is 12.8 Å². The molecule has 2 aromatic carbocycles. The Morgan fingerprint density at radius 3 is 2.41 bits per heavy atom. The number of aliphatic hydroxyl groups excluding tert-OH is 1. The number of aliphatic hydroxyl groups is 1. The number of phenols is 1. The molecule has 0 bridgehead atoms. The van der Waals surface area contributed by atoms with Crippen molar-refractivity contribution in [1.29, 1.82) is 0 Å². The summed E-state index contributed by atoms with van der Waals surface area (Å²) in [4.78, 5) is 45.3. The standard InChI is InChI=1S/C30H32N2O8S/c1-6-38-22-14-19(10-13-21(22)33)24-23(25(34)18-8-11-20(12-9-18)40-15-16(3)4)26(35)28(36)32(24)30-31-17(5)27(41-30)29(37)39-7-2/h8-14,16,24,33-34H,6-7,15H2,1-5H3/b25-23+. The van der Waals surface area contributed by atoms with Gasteiger partial charge in [-0.1, -0.05) is 31.3 Å². The van der Waals surface area contributed by atoms with Crippen molar-refractivity contribution in [3.63, 3.8) is 0 Å². The van der Waals surface area contributed by atoms with Crippen LogP contribution in [-0.2, 0) is 14.3 Å². The number of amides is 1. The van der Waals surface area contributed by atoms with Crippen molar-refractivity contribution < 1.29 is 38.8 Å². The molecule has 4 rings (SSSR count). The average molecular weight is 581 g/mol. The van der Waals surface area contributed by atoms with Gasteiger partial charge in [0, 0.05) is 5.56 Å². The number of carbonyl (C=O) groups excluding carboxylic acids is 3. The zero-order valence-electron chi connectivity index (χ0n) is 23.5. The number of thiazole rings is 1. The van der Waals surface area contributed by atoms with Crippen LogP contribution in [0.15, 0.2) is 48.0 Å². The third-order valence-corrected chi connectivity index (χ3v) is 7.34. The number of esters is 1. The topological polar surface area (TPSA) is 135 Å². The Bertz CT molecular complexity index is 1490. The van der Waals surface area contributed by atoms with Crippen molar-refractivity contribution in [3.05, 3.63) is 69.7 Å². The van der Waals surface area contributed by atoms with Crippen LogP contribution in [0.3, 0.4) is 0 Å². The lowest BCUT2D eigenvalue weighted by atomic mass is 9.95. The number of ether oxygens (including phenoxy) is 3. The lowest BCUT2D eigenvalue weighted by molar-refractivity contribution is -0.132. The number of ketones is 1. The van der Waals surface area contributed by atoms with E-state index in [1.807, 2.05) is 13.8 Å². The van der Waals surface area contributed by atoms with Crippen LogP contribution in [0.4, 0.5) is 5.13 Å². The Hall–Kier alpha value is -4.38. The van der Waals surface area contributed by atoms with Crippen LogP contribution in [-0.4, -0.2) is 52.7 Å². The third kappa shape index (κ3) is 6.04. The van der Waals surface area contributed by atoms with Crippen LogP contribution in [0.25, 0.3) is 5.76 Å². The molecule has 0 radical (unpaired) electrons. The van der Waals surface area contributed by atoms with Gasteiger partial charge in [0.15, 0.2) is 16.6 Å². The van der Waals surface area contributed by atoms with Crippen LogP contribution >= 0.6 is 11.3 Å². The fraction of sp³-hybridized carbons (Fsp3) is 0.333. The van der Waals surface area contributed by atoms with E-state index in [0.29, 0.717) is 35.1 Å². The van der Waals surface area contributed by atoms with Gasteiger partial charge >= 0.3 is 11.9 Å². The van der Waals surface area contributed by atoms with E-state index >= 15 is 0 Å². The first-order chi connectivity index (χ1) is 19.6. The second-order valence-electron chi connectivity index (χ2n) is 9.69. The van der Waals surface area contributed by atoms with Crippen molar-refractivity contribution in [2.75, 3.05) is 24.7 Å². The molecule has 1 atom stereocenters. The minimum Gasteiger partial charge on any atom is -0.507 e. The van der Waals surface area contributed by atoms with Crippen LogP contribution in [0.2, 0.25) is 0 Å². The van der Waals surface area contributed by atoms with E-state index < -0.39 is 29.5 Å². The summed E-state index contributed by atoms with van der Waals surface area (Å²) in [6, 6.07) is 9.84. The monoisotopic (exact) mass is 580 g/mol. The molecule has 0 aliphatic carbocycles. The molecule has 1 saturated heterocycles. The van der Waals surface area contributed by atoms with Gasteiger partial charge in [-0.05, 0) is 68.7 Å². The van der Waals surface area contributed by atoms with Crippen molar-refractivity contribution >= 4 is 39.9 Å². The molecule has 3 aromatic rings. The number of hydrogen-bond acceptors (Lipinski definition) is 10. The molecular formula is C30H32N2O8S. The van der Waals surface area contributed by atoms with E-state index in [0.717, 1.165) is 16.2 Å². The molecule has 41 heavy (non-hydrogen) atoms. The molecule has 2 N–H and O–H groups in total. The second kappa shape index (κ2) is 12.4. The number of anilines is 1. The summed E-state index contributed by atoms with van der Waals surface area (Å²) >= 11 is 0.912. The van der Waals surface area contributed by atoms with Crippen molar-refractivity contribution in [2.45, 2.75) is 40.7 Å². The summed E-state index contributed by atoms with van der Waals surface area (Å²) in [5, 5.41) is 21.8. The molecule has 1 aromatic heterocycles. The van der Waals surface area contributed by atoms with Crippen LogP contribution in [0.5, 0.6) is 17.2 Å². The summed E-state index contributed by atoms with van der Waals surface area (Å²) < 4.78 is 16.4. The molecule has 1 amide bonds. The molecule has 1 aliphatic heterocycles. The zero-order valence-corrected chi connectivity index (χ0v) is 24.3. The number of rotatable bonds is 10. The van der Waals surface area contributed by atoms with Gasteiger partial charge in [0.1, 0.15) is 16.4 Å². The molecule has 10 nitrogen and oxygen atoms in total. The first-order valence-corrected chi connectivity index (χ1v) is 14.0. The predicted octanol–water partition coefficient (Wildman–Crippen LogP) is 5.39. The van der Waals surface area contributed by atoms with Crippen molar-refractivity contribution in [2.24, 2.45) is 5.92 Å². The first-order valence-electron chi connectivity index (χ1n) is 13.2. The van der Waals surface area contributed by atoms with Gasteiger partial charge in [-0.25, -0.2) is 9.78 Å². The number of Topliss-reactive ketones (excluding diaryl/α,β-unsaturated/α-hetero) is 1. The molecule has 11 heteroatoms. The second-order valence-corrected chi connectivity index (χ2v) is 10.7. The molecular weight excluding hydrogens is 548 g/mol. The van der Waals surface area contributed by atoms with E-state index in [9.17, 15) is 24.6 Å². The van der Waals surface area contributed by atoms with E-state index in [-0.39, 0.29) is 40.3 Å². The Morgan fingerprint density at radius 2 is 1.78 bits per heavy atom. The normalized spacial score (nSPS) is 16.3. The Morgan fingerprint density at radius 1 is 1.07 bits per heavy atom. The minimum absolute atomic E-state index is 0.0835. The summed E-state index contributed by atoms with van der Waals surface area (Å²) in [5.74, 6) is -1.90. The maximum absolute atomic E-state index is 13.5. The molecule has 0 spiro atoms. The van der Waals surface area contributed by atoms with Gasteiger partial charge in [0.25, 0.3) is 5.78 Å². The van der Waals surface area contributed by atoms with Gasteiger partial charge in [-0.2, -0.15) is 0 Å². The zero-order chi connectivity index (χ0) is 29.8. The molecule has 216 valence electrons. The van der Waals surface area contributed by atoms with Gasteiger partial charge in [0.05, 0.1) is 37.1 Å². The summed E-state index contributed by atoms with van der Waals surface area (Å²) in [7, 11) is 0. The van der Waals surface area contributed by atoms with E-state index in [2.05, 4.69) is 4.98 Å². The van der Waals surface area contributed by atoms with Crippen molar-refractivity contribution in [1.82, 2.24) is 4.98 Å². The maximum atomic E-state index is 13.5. The SMILES string of the molecule is CCOC(=O)c1sc(N2C(=O)C(=O)/C(=C(/O)c3ccc(OCC(C)C)cc3)C2c2ccc(O)c(OCC)c2)nc1C. The lowest BCUT2D eigenvalue weighted by Crippen LogP contribution is -2.29. The average Bonchev–Trinajstić information content (AvgIpc) is 3.45. The number of phenolic OH excluding ortho intramolecular Hbond substituents is 1. The highest BCUT2D eigenvalue weighted by molar-refractivity contribution is 7.17. The highest BCUT2D eigenvalue weighted by Crippen LogP contribution is 2.45. The number of carbonyl (C=O) groups is 3. The number of aromatic nitrogens is 1. The largest absolute Gasteiger partial charge is 0.507 e. The number of nitrogens with zero attached hydrogens (tertiary/aromatic N) is 2. The molecule has 0 saturated carbocycles. The van der Waals surface area contributed by atoms with Gasteiger partial charge in [0.2, 0.25) is 0 Å². The lowest BCUT2D eigenvalue weighted by Gasteiger charge is -2.23.